The lowest BCUT2D eigenvalue weighted by Gasteiger charge is -2.19. The normalized spacial score (nSPS) is 13.7. The highest BCUT2D eigenvalue weighted by molar-refractivity contribution is 7.96. The van der Waals surface area contributed by atoms with Crippen LogP contribution in [0.1, 0.15) is 32.6 Å². The Morgan fingerprint density at radius 1 is 1.38 bits per heavy atom. The highest BCUT2D eigenvalue weighted by Crippen LogP contribution is 2.08. The molecular formula is C15H24N2O3S. The molecule has 0 aromatic carbocycles. The van der Waals surface area contributed by atoms with Crippen LogP contribution in [-0.4, -0.2) is 42.5 Å². The standard InChI is InChI=1S/C15H24N2O3S/c1-2-3-10-20-11-9-17(15(19)21)14(18)16-12-13-7-5-4-6-8-13/h5,7-8H,2-4,6,9-12H2,1H3,(H,16,18)(H,19,21). The van der Waals surface area contributed by atoms with Gasteiger partial charge in [0.1, 0.15) is 0 Å². The van der Waals surface area contributed by atoms with Crippen molar-refractivity contribution in [1.82, 2.24) is 10.2 Å². The number of amides is 3. The second-order valence-electron chi connectivity index (χ2n) is 4.82. The highest BCUT2D eigenvalue weighted by atomic mass is 32.1. The molecule has 1 N–H and O–H groups in total. The molecule has 0 aliphatic heterocycles. The van der Waals surface area contributed by atoms with Crippen LogP contribution in [0.4, 0.5) is 9.59 Å². The van der Waals surface area contributed by atoms with Gasteiger partial charge in [0, 0.05) is 13.2 Å². The summed E-state index contributed by atoms with van der Waals surface area (Å²) in [6.45, 7) is 3.69. The number of carbonyl (C=O) groups excluding carboxylic acids is 2. The molecule has 6 heteroatoms. The van der Waals surface area contributed by atoms with E-state index in [0.717, 1.165) is 36.2 Å². The third-order valence-corrected chi connectivity index (χ3v) is 3.33. The molecule has 0 aromatic rings. The first-order valence-electron chi connectivity index (χ1n) is 7.36. The van der Waals surface area contributed by atoms with Crippen LogP contribution in [0.25, 0.3) is 0 Å². The molecule has 1 rings (SSSR count). The number of rotatable bonds is 8. The van der Waals surface area contributed by atoms with E-state index in [4.69, 9.17) is 4.74 Å². The van der Waals surface area contributed by atoms with Gasteiger partial charge in [-0.05, 0) is 24.8 Å². The predicted octanol–water partition coefficient (Wildman–Crippen LogP) is 3.14. The van der Waals surface area contributed by atoms with Gasteiger partial charge in [-0.2, -0.15) is 0 Å². The minimum absolute atomic E-state index is 0.215. The lowest BCUT2D eigenvalue weighted by atomic mass is 10.1. The average molecular weight is 312 g/mol. The van der Waals surface area contributed by atoms with Gasteiger partial charge >= 0.3 is 6.03 Å². The number of urea groups is 1. The average Bonchev–Trinajstić information content (AvgIpc) is 2.49. The van der Waals surface area contributed by atoms with E-state index in [-0.39, 0.29) is 6.54 Å². The Bertz CT molecular complexity index is 408. The van der Waals surface area contributed by atoms with Gasteiger partial charge in [0.2, 0.25) is 0 Å². The molecule has 3 amide bonds. The Hall–Kier alpha value is -1.27. The van der Waals surface area contributed by atoms with Crippen LogP contribution >= 0.6 is 12.6 Å². The maximum Gasteiger partial charge on any atom is 0.325 e. The number of allylic oxidation sites excluding steroid dienone is 2. The first kappa shape index (κ1) is 17.8. The van der Waals surface area contributed by atoms with E-state index >= 15 is 0 Å². The summed E-state index contributed by atoms with van der Waals surface area (Å²) in [6.07, 6.45) is 10.2. The van der Waals surface area contributed by atoms with Gasteiger partial charge in [0.15, 0.2) is 0 Å². The smallest absolute Gasteiger partial charge is 0.325 e. The van der Waals surface area contributed by atoms with Gasteiger partial charge in [0.05, 0.1) is 13.2 Å². The van der Waals surface area contributed by atoms with Crippen molar-refractivity contribution in [2.24, 2.45) is 0 Å². The summed E-state index contributed by atoms with van der Waals surface area (Å²) in [4.78, 5) is 24.4. The van der Waals surface area contributed by atoms with Gasteiger partial charge in [-0.3, -0.25) is 9.69 Å². The molecule has 1 aliphatic carbocycles. The third kappa shape index (κ3) is 7.34. The Labute approximate surface area is 131 Å². The van der Waals surface area contributed by atoms with Crippen molar-refractivity contribution < 1.29 is 14.3 Å². The molecule has 0 bridgehead atoms. The van der Waals surface area contributed by atoms with E-state index in [1.165, 1.54) is 0 Å². The topological polar surface area (TPSA) is 58.6 Å². The van der Waals surface area contributed by atoms with Crippen LogP contribution in [0.5, 0.6) is 0 Å². The Morgan fingerprint density at radius 3 is 2.81 bits per heavy atom. The summed E-state index contributed by atoms with van der Waals surface area (Å²) in [5.41, 5.74) is 1.06. The molecule has 0 saturated heterocycles. The fourth-order valence-electron chi connectivity index (χ4n) is 1.86. The fourth-order valence-corrected chi connectivity index (χ4v) is 2.05. The van der Waals surface area contributed by atoms with E-state index in [2.05, 4.69) is 37.0 Å². The van der Waals surface area contributed by atoms with E-state index in [0.29, 0.717) is 19.8 Å². The minimum atomic E-state index is -0.570. The second-order valence-corrected chi connectivity index (χ2v) is 5.20. The highest BCUT2D eigenvalue weighted by Gasteiger charge is 2.18. The van der Waals surface area contributed by atoms with Crippen molar-refractivity contribution >= 4 is 23.9 Å². The van der Waals surface area contributed by atoms with Crippen molar-refractivity contribution in [3.63, 3.8) is 0 Å². The Morgan fingerprint density at radius 2 is 2.19 bits per heavy atom. The van der Waals surface area contributed by atoms with Gasteiger partial charge in [-0.1, -0.05) is 44.2 Å². The zero-order valence-electron chi connectivity index (χ0n) is 12.5. The quantitative estimate of drug-likeness (QED) is 0.535. The molecule has 0 atom stereocenters. The Kier molecular flexibility index (Phi) is 8.85. The first-order chi connectivity index (χ1) is 10.1. The van der Waals surface area contributed by atoms with Crippen LogP contribution in [0.3, 0.4) is 0 Å². The molecule has 21 heavy (non-hydrogen) atoms. The molecular weight excluding hydrogens is 288 g/mol. The van der Waals surface area contributed by atoms with Gasteiger partial charge < -0.3 is 10.1 Å². The summed E-state index contributed by atoms with van der Waals surface area (Å²) in [5, 5.41) is 2.16. The molecule has 118 valence electrons. The lowest BCUT2D eigenvalue weighted by molar-refractivity contribution is 0.115. The number of ether oxygens (including phenoxy) is 1. The van der Waals surface area contributed by atoms with E-state index in [1.54, 1.807) is 0 Å². The number of nitrogens with zero attached hydrogens (tertiary/aromatic N) is 1. The maximum absolute atomic E-state index is 12.0. The predicted molar refractivity (Wildman–Crippen MR) is 86.7 cm³/mol. The molecule has 0 heterocycles. The van der Waals surface area contributed by atoms with Gasteiger partial charge in [-0.15, -0.1) is 0 Å². The zero-order valence-corrected chi connectivity index (χ0v) is 13.4. The maximum atomic E-state index is 12.0. The molecule has 0 unspecified atom stereocenters. The molecule has 1 aliphatic rings. The van der Waals surface area contributed by atoms with E-state index < -0.39 is 11.3 Å². The molecule has 5 nitrogen and oxygen atoms in total. The Balaban J connectivity index is 2.33. The van der Waals surface area contributed by atoms with E-state index in [1.807, 2.05) is 6.08 Å². The summed E-state index contributed by atoms with van der Waals surface area (Å²) in [5.74, 6) is 0. The van der Waals surface area contributed by atoms with Crippen LogP contribution in [0, 0.1) is 0 Å². The molecule has 0 saturated carbocycles. The number of thiol groups is 1. The summed E-state index contributed by atoms with van der Waals surface area (Å²) in [6, 6.07) is -0.436. The number of nitrogens with one attached hydrogen (secondary N) is 1. The van der Waals surface area contributed by atoms with Gasteiger partial charge in [-0.25, -0.2) is 4.79 Å². The lowest BCUT2D eigenvalue weighted by Crippen LogP contribution is -2.43. The monoisotopic (exact) mass is 312 g/mol. The molecule has 0 spiro atoms. The molecule has 0 radical (unpaired) electrons. The second kappa shape index (κ2) is 10.5. The van der Waals surface area contributed by atoms with Crippen LogP contribution in [-0.2, 0) is 4.74 Å². The van der Waals surface area contributed by atoms with Crippen molar-refractivity contribution in [2.45, 2.75) is 32.6 Å². The third-order valence-electron chi connectivity index (χ3n) is 3.09. The van der Waals surface area contributed by atoms with Crippen LogP contribution < -0.4 is 5.32 Å². The largest absolute Gasteiger partial charge is 0.380 e. The van der Waals surface area contributed by atoms with Crippen molar-refractivity contribution in [1.29, 1.82) is 0 Å². The first-order valence-corrected chi connectivity index (χ1v) is 7.81. The van der Waals surface area contributed by atoms with Gasteiger partial charge in [0.25, 0.3) is 5.24 Å². The summed E-state index contributed by atoms with van der Waals surface area (Å²) < 4.78 is 5.37. The molecule has 0 fully saturated rings. The number of hydrogen-bond donors (Lipinski definition) is 2. The minimum Gasteiger partial charge on any atom is -0.380 e. The summed E-state index contributed by atoms with van der Waals surface area (Å²) in [7, 11) is 0. The number of hydrogen-bond acceptors (Lipinski definition) is 3. The van der Waals surface area contributed by atoms with Crippen molar-refractivity contribution in [2.75, 3.05) is 26.3 Å². The summed E-state index contributed by atoms with van der Waals surface area (Å²) >= 11 is 3.74. The molecule has 0 aromatic heterocycles. The number of unbranched alkanes of at least 4 members (excludes halogenated alkanes) is 1. The number of carbonyl (C=O) groups is 2. The fraction of sp³-hybridized carbons (Fsp3) is 0.600. The van der Waals surface area contributed by atoms with Crippen LogP contribution in [0.2, 0.25) is 0 Å². The zero-order chi connectivity index (χ0) is 15.5. The van der Waals surface area contributed by atoms with Crippen LogP contribution in [0.15, 0.2) is 23.8 Å². The SMILES string of the molecule is CCCCOCCN(C(=O)S)C(=O)NCC1=CCCC=C1. The van der Waals surface area contributed by atoms with Crippen molar-refractivity contribution in [3.05, 3.63) is 23.8 Å². The van der Waals surface area contributed by atoms with E-state index in [9.17, 15) is 9.59 Å². The van der Waals surface area contributed by atoms with Crippen molar-refractivity contribution in [3.8, 4) is 0 Å². The number of imide groups is 1.